The van der Waals surface area contributed by atoms with Crippen LogP contribution in [0.3, 0.4) is 0 Å². The lowest BCUT2D eigenvalue weighted by molar-refractivity contribution is 0.777. The molecule has 7 nitrogen and oxygen atoms in total. The van der Waals surface area contributed by atoms with Gasteiger partial charge >= 0.3 is 0 Å². The van der Waals surface area contributed by atoms with E-state index in [0.717, 1.165) is 44.3 Å². The molecule has 0 unspecified atom stereocenters. The molecule has 0 radical (unpaired) electrons. The second-order valence-electron chi connectivity index (χ2n) is 6.68. The maximum atomic E-state index is 4.68. The molecule has 0 bridgehead atoms. The SMILES string of the molecule is Cc1cc(C)n(-c2cc(Nc3c(C)c(-c4ccc(Br)cc4)nn3C)ncn2)n1. The molecule has 4 rings (SSSR count). The number of halogens is 1. The molecule has 0 spiro atoms. The van der Waals surface area contributed by atoms with Crippen molar-refractivity contribution in [3.63, 3.8) is 0 Å². The quantitative estimate of drug-likeness (QED) is 0.508. The van der Waals surface area contributed by atoms with E-state index in [9.17, 15) is 0 Å². The zero-order valence-corrected chi connectivity index (χ0v) is 17.7. The van der Waals surface area contributed by atoms with Gasteiger partial charge in [-0.3, -0.25) is 4.68 Å². The van der Waals surface area contributed by atoms with E-state index >= 15 is 0 Å². The van der Waals surface area contributed by atoms with Gasteiger partial charge in [0.1, 0.15) is 18.0 Å². The molecule has 0 aliphatic carbocycles. The van der Waals surface area contributed by atoms with Gasteiger partial charge in [0.25, 0.3) is 0 Å². The predicted molar refractivity (Wildman–Crippen MR) is 113 cm³/mol. The van der Waals surface area contributed by atoms with Crippen molar-refractivity contribution in [2.24, 2.45) is 7.05 Å². The van der Waals surface area contributed by atoms with Crippen LogP contribution < -0.4 is 5.32 Å². The minimum Gasteiger partial charge on any atom is -0.325 e. The Labute approximate surface area is 171 Å². The summed E-state index contributed by atoms with van der Waals surface area (Å²) >= 11 is 3.47. The third-order valence-corrected chi connectivity index (χ3v) is 5.06. The fraction of sp³-hybridized carbons (Fsp3) is 0.200. The topological polar surface area (TPSA) is 73.5 Å². The molecule has 8 heteroatoms. The maximum Gasteiger partial charge on any atom is 0.159 e. The van der Waals surface area contributed by atoms with Gasteiger partial charge in [-0.15, -0.1) is 0 Å². The Morgan fingerprint density at radius 1 is 0.964 bits per heavy atom. The second-order valence-corrected chi connectivity index (χ2v) is 7.59. The molecule has 3 aromatic heterocycles. The average Bonchev–Trinajstić information content (AvgIpc) is 3.15. The lowest BCUT2D eigenvalue weighted by atomic mass is 10.1. The van der Waals surface area contributed by atoms with Crippen molar-refractivity contribution in [3.05, 3.63) is 64.1 Å². The lowest BCUT2D eigenvalue weighted by Crippen LogP contribution is -2.06. The first kappa shape index (κ1) is 18.4. The van der Waals surface area contributed by atoms with Gasteiger partial charge < -0.3 is 5.32 Å². The van der Waals surface area contributed by atoms with Gasteiger partial charge in [-0.1, -0.05) is 28.1 Å². The van der Waals surface area contributed by atoms with Gasteiger partial charge in [0.05, 0.1) is 11.4 Å². The first-order valence-electron chi connectivity index (χ1n) is 8.84. The highest BCUT2D eigenvalue weighted by atomic mass is 79.9. The van der Waals surface area contributed by atoms with E-state index < -0.39 is 0 Å². The monoisotopic (exact) mass is 437 g/mol. The van der Waals surface area contributed by atoms with Gasteiger partial charge in [0.2, 0.25) is 0 Å². The molecule has 0 aliphatic heterocycles. The summed E-state index contributed by atoms with van der Waals surface area (Å²) in [5.41, 5.74) is 5.03. The van der Waals surface area contributed by atoms with Gasteiger partial charge in [-0.2, -0.15) is 10.2 Å². The van der Waals surface area contributed by atoms with Gasteiger partial charge in [-0.05, 0) is 39.0 Å². The van der Waals surface area contributed by atoms with E-state index in [1.54, 1.807) is 0 Å². The summed E-state index contributed by atoms with van der Waals surface area (Å²) in [4.78, 5) is 8.72. The van der Waals surface area contributed by atoms with E-state index in [-0.39, 0.29) is 0 Å². The number of aryl methyl sites for hydroxylation is 3. The summed E-state index contributed by atoms with van der Waals surface area (Å²) in [6.45, 7) is 6.02. The van der Waals surface area contributed by atoms with Crippen LogP contribution in [-0.2, 0) is 7.05 Å². The fourth-order valence-electron chi connectivity index (χ4n) is 3.20. The minimum atomic E-state index is 0.686. The molecule has 0 atom stereocenters. The molecule has 0 saturated carbocycles. The number of hydrogen-bond donors (Lipinski definition) is 1. The summed E-state index contributed by atoms with van der Waals surface area (Å²) in [7, 11) is 1.92. The molecule has 142 valence electrons. The first-order valence-corrected chi connectivity index (χ1v) is 9.64. The van der Waals surface area contributed by atoms with Crippen molar-refractivity contribution in [1.29, 1.82) is 0 Å². The number of nitrogens with zero attached hydrogens (tertiary/aromatic N) is 6. The van der Waals surface area contributed by atoms with Crippen molar-refractivity contribution in [3.8, 4) is 17.1 Å². The van der Waals surface area contributed by atoms with Crippen LogP contribution in [0.2, 0.25) is 0 Å². The van der Waals surface area contributed by atoms with Gasteiger partial charge in [0.15, 0.2) is 5.82 Å². The highest BCUT2D eigenvalue weighted by Crippen LogP contribution is 2.30. The minimum absolute atomic E-state index is 0.686. The average molecular weight is 438 g/mol. The summed E-state index contributed by atoms with van der Waals surface area (Å²) in [6.07, 6.45) is 1.54. The Morgan fingerprint density at radius 3 is 2.39 bits per heavy atom. The number of aromatic nitrogens is 6. The molecule has 0 aliphatic rings. The van der Waals surface area contributed by atoms with Crippen LogP contribution in [-0.4, -0.2) is 29.5 Å². The number of anilines is 2. The van der Waals surface area contributed by atoms with Crippen molar-refractivity contribution in [2.45, 2.75) is 20.8 Å². The number of benzene rings is 1. The Balaban J connectivity index is 1.67. The van der Waals surface area contributed by atoms with Crippen LogP contribution in [0.4, 0.5) is 11.6 Å². The number of rotatable bonds is 4. The maximum absolute atomic E-state index is 4.68. The standard InChI is InChI=1S/C20H20BrN7/c1-12-9-13(2)28(25-12)18-10-17(22-11-23-18)24-20-14(3)19(26-27(20)4)15-5-7-16(21)8-6-15/h5-11H,1-4H3,(H,22,23,24). The molecular formula is C20H20BrN7. The summed E-state index contributed by atoms with van der Waals surface area (Å²) in [5.74, 6) is 2.29. The smallest absolute Gasteiger partial charge is 0.159 e. The molecule has 1 N–H and O–H groups in total. The molecule has 4 aromatic rings. The van der Waals surface area contributed by atoms with E-state index in [2.05, 4.69) is 60.5 Å². The van der Waals surface area contributed by atoms with Crippen LogP contribution >= 0.6 is 15.9 Å². The largest absolute Gasteiger partial charge is 0.325 e. The highest BCUT2D eigenvalue weighted by Gasteiger charge is 2.15. The number of nitrogens with one attached hydrogen (secondary N) is 1. The zero-order valence-electron chi connectivity index (χ0n) is 16.1. The third kappa shape index (κ3) is 3.43. The molecule has 3 heterocycles. The van der Waals surface area contributed by atoms with E-state index in [1.807, 2.05) is 54.5 Å². The number of hydrogen-bond acceptors (Lipinski definition) is 5. The van der Waals surface area contributed by atoms with Crippen molar-refractivity contribution in [2.75, 3.05) is 5.32 Å². The Morgan fingerprint density at radius 2 is 1.71 bits per heavy atom. The predicted octanol–water partition coefficient (Wildman–Crippen LogP) is 4.49. The van der Waals surface area contributed by atoms with Crippen LogP contribution in [0.1, 0.15) is 17.0 Å². The lowest BCUT2D eigenvalue weighted by Gasteiger charge is -2.09. The summed E-state index contributed by atoms with van der Waals surface area (Å²) in [6, 6.07) is 12.0. The second kappa shape index (κ2) is 7.20. The Bertz CT molecular complexity index is 1140. The third-order valence-electron chi connectivity index (χ3n) is 4.53. The van der Waals surface area contributed by atoms with Crippen LogP contribution in [0.25, 0.3) is 17.1 Å². The zero-order chi connectivity index (χ0) is 19.8. The van der Waals surface area contributed by atoms with E-state index in [4.69, 9.17) is 0 Å². The van der Waals surface area contributed by atoms with E-state index in [1.165, 1.54) is 6.33 Å². The van der Waals surface area contributed by atoms with Crippen LogP contribution in [0, 0.1) is 20.8 Å². The highest BCUT2D eigenvalue weighted by molar-refractivity contribution is 9.10. The Hall–Kier alpha value is -3.00. The molecule has 0 amide bonds. The van der Waals surface area contributed by atoms with E-state index in [0.29, 0.717) is 5.82 Å². The normalized spacial score (nSPS) is 11.0. The first-order chi connectivity index (χ1) is 13.4. The molecular weight excluding hydrogens is 418 g/mol. The molecule has 28 heavy (non-hydrogen) atoms. The van der Waals surface area contributed by atoms with Crippen LogP contribution in [0.5, 0.6) is 0 Å². The fourth-order valence-corrected chi connectivity index (χ4v) is 3.46. The molecule has 1 aromatic carbocycles. The van der Waals surface area contributed by atoms with Gasteiger partial charge in [-0.25, -0.2) is 14.6 Å². The van der Waals surface area contributed by atoms with Crippen molar-refractivity contribution >= 4 is 27.6 Å². The molecule has 0 saturated heterocycles. The summed E-state index contributed by atoms with van der Waals surface area (Å²) in [5, 5.41) is 12.6. The van der Waals surface area contributed by atoms with Crippen molar-refractivity contribution < 1.29 is 0 Å². The summed E-state index contributed by atoms with van der Waals surface area (Å²) < 4.78 is 4.68. The Kier molecular flexibility index (Phi) is 4.72. The van der Waals surface area contributed by atoms with Crippen LogP contribution in [0.15, 0.2) is 47.2 Å². The van der Waals surface area contributed by atoms with Gasteiger partial charge in [0, 0.05) is 34.4 Å². The molecule has 0 fully saturated rings. The van der Waals surface area contributed by atoms with Crippen molar-refractivity contribution in [1.82, 2.24) is 29.5 Å².